The van der Waals surface area contributed by atoms with Crippen LogP contribution in [0.15, 0.2) is 18.2 Å². The zero-order valence-electron chi connectivity index (χ0n) is 14.4. The van der Waals surface area contributed by atoms with Gasteiger partial charge < -0.3 is 24.0 Å². The molecular formula is C18H22N2O5. The van der Waals surface area contributed by atoms with Gasteiger partial charge >= 0.3 is 0 Å². The molecule has 2 saturated heterocycles. The van der Waals surface area contributed by atoms with E-state index in [1.807, 2.05) is 24.8 Å². The van der Waals surface area contributed by atoms with E-state index in [2.05, 4.69) is 0 Å². The first kappa shape index (κ1) is 16.2. The number of anilines is 1. The van der Waals surface area contributed by atoms with Crippen LogP contribution < -0.4 is 14.4 Å². The average molecular weight is 346 g/mol. The molecule has 3 aliphatic heterocycles. The molecule has 3 heterocycles. The van der Waals surface area contributed by atoms with E-state index >= 15 is 0 Å². The summed E-state index contributed by atoms with van der Waals surface area (Å²) in [6.45, 7) is 5.69. The third kappa shape index (κ3) is 3.04. The van der Waals surface area contributed by atoms with Crippen LogP contribution in [0.2, 0.25) is 0 Å². The van der Waals surface area contributed by atoms with Crippen molar-refractivity contribution in [2.24, 2.45) is 5.92 Å². The Morgan fingerprint density at radius 2 is 1.80 bits per heavy atom. The molecule has 7 heteroatoms. The third-order valence-corrected chi connectivity index (χ3v) is 4.87. The van der Waals surface area contributed by atoms with Gasteiger partial charge in [0.2, 0.25) is 18.6 Å². The highest BCUT2D eigenvalue weighted by Crippen LogP contribution is 2.37. The highest BCUT2D eigenvalue weighted by atomic mass is 16.7. The van der Waals surface area contributed by atoms with Crippen LogP contribution in [0.3, 0.4) is 0 Å². The van der Waals surface area contributed by atoms with Crippen molar-refractivity contribution in [3.63, 3.8) is 0 Å². The van der Waals surface area contributed by atoms with E-state index in [-0.39, 0.29) is 43.2 Å². The zero-order chi connectivity index (χ0) is 17.6. The van der Waals surface area contributed by atoms with E-state index in [9.17, 15) is 9.59 Å². The topological polar surface area (TPSA) is 68.3 Å². The summed E-state index contributed by atoms with van der Waals surface area (Å²) in [5, 5.41) is 0. The minimum Gasteiger partial charge on any atom is -0.454 e. The zero-order valence-corrected chi connectivity index (χ0v) is 14.4. The van der Waals surface area contributed by atoms with Crippen molar-refractivity contribution in [1.29, 1.82) is 0 Å². The Labute approximate surface area is 146 Å². The first-order chi connectivity index (χ1) is 12.0. The molecule has 4 rings (SSSR count). The molecule has 0 spiro atoms. The second kappa shape index (κ2) is 6.22. The first-order valence-corrected chi connectivity index (χ1v) is 8.65. The summed E-state index contributed by atoms with van der Waals surface area (Å²) in [5.74, 6) is 1.01. The molecule has 0 N–H and O–H groups in total. The Balaban J connectivity index is 1.47. The van der Waals surface area contributed by atoms with Gasteiger partial charge in [0.1, 0.15) is 0 Å². The van der Waals surface area contributed by atoms with Crippen molar-refractivity contribution >= 4 is 17.5 Å². The summed E-state index contributed by atoms with van der Waals surface area (Å²) in [7, 11) is 0. The lowest BCUT2D eigenvalue weighted by molar-refractivity contribution is -0.147. The lowest BCUT2D eigenvalue weighted by Gasteiger charge is -2.36. The average Bonchev–Trinajstić information content (AvgIpc) is 3.18. The monoisotopic (exact) mass is 346 g/mol. The van der Waals surface area contributed by atoms with Gasteiger partial charge in [-0.15, -0.1) is 0 Å². The van der Waals surface area contributed by atoms with Gasteiger partial charge in [-0.05, 0) is 26.0 Å². The molecule has 3 atom stereocenters. The van der Waals surface area contributed by atoms with Gasteiger partial charge in [-0.3, -0.25) is 9.59 Å². The van der Waals surface area contributed by atoms with Crippen molar-refractivity contribution < 1.29 is 23.8 Å². The molecule has 0 aromatic heterocycles. The number of nitrogens with zero attached hydrogens (tertiary/aromatic N) is 2. The van der Waals surface area contributed by atoms with E-state index in [1.54, 1.807) is 17.0 Å². The number of fused-ring (bicyclic) bond motifs is 1. The lowest BCUT2D eigenvalue weighted by Crippen LogP contribution is -2.50. The molecule has 0 bridgehead atoms. The van der Waals surface area contributed by atoms with Crippen LogP contribution in [0.4, 0.5) is 5.69 Å². The molecule has 1 aromatic rings. The highest BCUT2D eigenvalue weighted by Gasteiger charge is 2.39. The Kier molecular flexibility index (Phi) is 4.03. The van der Waals surface area contributed by atoms with Crippen LogP contribution in [0, 0.1) is 5.92 Å². The number of morpholine rings is 1. The molecule has 0 aliphatic carbocycles. The van der Waals surface area contributed by atoms with Crippen LogP contribution in [0.1, 0.15) is 20.3 Å². The predicted molar refractivity (Wildman–Crippen MR) is 89.6 cm³/mol. The van der Waals surface area contributed by atoms with Crippen LogP contribution in [0.25, 0.3) is 0 Å². The number of benzene rings is 1. The maximum Gasteiger partial charge on any atom is 0.231 e. The molecule has 2 fully saturated rings. The van der Waals surface area contributed by atoms with Gasteiger partial charge in [-0.2, -0.15) is 0 Å². The fraction of sp³-hybridized carbons (Fsp3) is 0.556. The van der Waals surface area contributed by atoms with E-state index in [1.165, 1.54) is 0 Å². The maximum atomic E-state index is 12.8. The minimum atomic E-state index is -0.310. The molecule has 0 radical (unpaired) electrons. The van der Waals surface area contributed by atoms with E-state index in [0.717, 1.165) is 5.69 Å². The second-order valence-corrected chi connectivity index (χ2v) is 6.94. The fourth-order valence-corrected chi connectivity index (χ4v) is 3.79. The molecular weight excluding hydrogens is 324 g/mol. The molecule has 1 aromatic carbocycles. The van der Waals surface area contributed by atoms with E-state index in [4.69, 9.17) is 14.2 Å². The Morgan fingerprint density at radius 3 is 2.56 bits per heavy atom. The van der Waals surface area contributed by atoms with Crippen molar-refractivity contribution in [3.05, 3.63) is 18.2 Å². The molecule has 25 heavy (non-hydrogen) atoms. The van der Waals surface area contributed by atoms with Gasteiger partial charge in [0.25, 0.3) is 0 Å². The van der Waals surface area contributed by atoms with Crippen molar-refractivity contribution in [2.45, 2.75) is 32.5 Å². The van der Waals surface area contributed by atoms with E-state index < -0.39 is 0 Å². The number of hydrogen-bond acceptors (Lipinski definition) is 5. The molecule has 134 valence electrons. The van der Waals surface area contributed by atoms with Crippen LogP contribution in [0.5, 0.6) is 11.5 Å². The van der Waals surface area contributed by atoms with Gasteiger partial charge in [0, 0.05) is 37.8 Å². The molecule has 7 nitrogen and oxygen atoms in total. The number of carbonyl (C=O) groups is 2. The number of amides is 2. The normalized spacial score (nSPS) is 28.6. The highest BCUT2D eigenvalue weighted by molar-refractivity contribution is 6.00. The summed E-state index contributed by atoms with van der Waals surface area (Å²) in [6.07, 6.45) is 0.289. The SMILES string of the molecule is C[C@@H]1CN(C(=O)[C@H]2CC(=O)N(c3ccc4c(c3)OCO4)C2)C[C@@H](C)O1. The Bertz CT molecular complexity index is 697. The van der Waals surface area contributed by atoms with Crippen molar-refractivity contribution in [1.82, 2.24) is 4.90 Å². The van der Waals surface area contributed by atoms with Gasteiger partial charge in [-0.1, -0.05) is 0 Å². The Morgan fingerprint density at radius 1 is 1.08 bits per heavy atom. The molecule has 3 aliphatic rings. The Hall–Kier alpha value is -2.28. The molecule has 2 amide bonds. The largest absolute Gasteiger partial charge is 0.454 e. The number of hydrogen-bond donors (Lipinski definition) is 0. The summed E-state index contributed by atoms with van der Waals surface area (Å²) in [4.78, 5) is 28.8. The number of rotatable bonds is 2. The summed E-state index contributed by atoms with van der Waals surface area (Å²) >= 11 is 0. The first-order valence-electron chi connectivity index (χ1n) is 8.65. The third-order valence-electron chi connectivity index (χ3n) is 4.87. The summed E-state index contributed by atoms with van der Waals surface area (Å²) < 4.78 is 16.4. The summed E-state index contributed by atoms with van der Waals surface area (Å²) in [5.41, 5.74) is 0.744. The lowest BCUT2D eigenvalue weighted by atomic mass is 10.1. The van der Waals surface area contributed by atoms with Crippen LogP contribution in [-0.2, 0) is 14.3 Å². The molecule has 0 saturated carbocycles. The van der Waals surface area contributed by atoms with Gasteiger partial charge in [0.15, 0.2) is 11.5 Å². The smallest absolute Gasteiger partial charge is 0.231 e. The predicted octanol–water partition coefficient (Wildman–Crippen LogP) is 1.40. The van der Waals surface area contributed by atoms with Gasteiger partial charge in [0.05, 0.1) is 18.1 Å². The number of ether oxygens (including phenoxy) is 3. The van der Waals surface area contributed by atoms with Crippen LogP contribution in [-0.4, -0.2) is 55.3 Å². The summed E-state index contributed by atoms with van der Waals surface area (Å²) in [6, 6.07) is 5.43. The van der Waals surface area contributed by atoms with Crippen molar-refractivity contribution in [3.8, 4) is 11.5 Å². The maximum absolute atomic E-state index is 12.8. The van der Waals surface area contributed by atoms with Crippen LogP contribution >= 0.6 is 0 Å². The van der Waals surface area contributed by atoms with E-state index in [0.29, 0.717) is 31.1 Å². The number of carbonyl (C=O) groups excluding carboxylic acids is 2. The standard InChI is InChI=1S/C18H22N2O5/c1-11-7-19(8-12(2)25-11)18(22)13-5-17(21)20(9-13)14-3-4-15-16(6-14)24-10-23-15/h3-4,6,11-13H,5,7-10H2,1-2H3/t11-,12-,13+/m1/s1. The minimum absolute atomic E-state index is 0.0229. The molecule has 0 unspecified atom stereocenters. The van der Waals surface area contributed by atoms with Crippen molar-refractivity contribution in [2.75, 3.05) is 31.3 Å². The van der Waals surface area contributed by atoms with Gasteiger partial charge in [-0.25, -0.2) is 0 Å². The quantitative estimate of drug-likeness (QED) is 0.810. The fourth-order valence-electron chi connectivity index (χ4n) is 3.79. The second-order valence-electron chi connectivity index (χ2n) is 6.94.